The van der Waals surface area contributed by atoms with E-state index in [4.69, 9.17) is 5.73 Å². The lowest BCUT2D eigenvalue weighted by atomic mass is 9.92. The minimum absolute atomic E-state index is 0. The number of rotatable bonds is 8. The van der Waals surface area contributed by atoms with E-state index in [1.807, 2.05) is 13.0 Å². The van der Waals surface area contributed by atoms with Crippen LogP contribution in [0.5, 0.6) is 0 Å². The molecule has 1 aromatic carbocycles. The Hall–Kier alpha value is -1.15. The topological polar surface area (TPSA) is 101 Å². The Kier molecular flexibility index (Phi) is 7.30. The molecule has 0 spiro atoms. The van der Waals surface area contributed by atoms with Crippen LogP contribution >= 0.6 is 12.4 Å². The molecule has 1 aromatic rings. The Balaban J connectivity index is 0.00000261. The van der Waals surface area contributed by atoms with E-state index < -0.39 is 10.0 Å². The van der Waals surface area contributed by atoms with E-state index in [2.05, 4.69) is 10.0 Å². The number of carbonyl (C=O) groups is 1. The molecule has 1 saturated carbocycles. The van der Waals surface area contributed by atoms with Gasteiger partial charge in [-0.3, -0.25) is 4.79 Å². The Morgan fingerprint density at radius 3 is 2.52 bits per heavy atom. The zero-order valence-electron chi connectivity index (χ0n) is 15.8. The van der Waals surface area contributed by atoms with Gasteiger partial charge in [0, 0.05) is 19.5 Å². The standard InChI is InChI=1S/C19H29N3O3S.ClH/c1-19(13-20,16-7-8-16)22-18(23)10-11-21-26(24,25)17-9-6-14-4-2-3-5-15(14)12-17;/h6,9,12,16,21H,2-5,7-8,10-11,13,20H2,1H3,(H,22,23);1H. The highest BCUT2D eigenvalue weighted by Gasteiger charge is 2.41. The number of nitrogens with one attached hydrogen (secondary N) is 2. The molecule has 4 N–H and O–H groups in total. The third-order valence-electron chi connectivity index (χ3n) is 5.60. The summed E-state index contributed by atoms with van der Waals surface area (Å²) in [6.07, 6.45) is 6.48. The number of fused-ring (bicyclic) bond motifs is 1. The van der Waals surface area contributed by atoms with E-state index in [9.17, 15) is 13.2 Å². The summed E-state index contributed by atoms with van der Waals surface area (Å²) in [5.41, 5.74) is 7.79. The minimum atomic E-state index is -3.60. The zero-order valence-corrected chi connectivity index (χ0v) is 17.4. The van der Waals surface area contributed by atoms with Crippen molar-refractivity contribution in [2.75, 3.05) is 13.1 Å². The van der Waals surface area contributed by atoms with Crippen LogP contribution in [0.4, 0.5) is 0 Å². The number of carbonyl (C=O) groups excluding carboxylic acids is 1. The van der Waals surface area contributed by atoms with Gasteiger partial charge in [0.15, 0.2) is 0 Å². The van der Waals surface area contributed by atoms with E-state index in [1.54, 1.807) is 12.1 Å². The highest BCUT2D eigenvalue weighted by Crippen LogP contribution is 2.38. The van der Waals surface area contributed by atoms with Gasteiger partial charge in [0.25, 0.3) is 0 Å². The van der Waals surface area contributed by atoms with Crippen molar-refractivity contribution in [3.8, 4) is 0 Å². The predicted octanol–water partition coefficient (Wildman–Crippen LogP) is 1.90. The quantitative estimate of drug-likeness (QED) is 0.603. The Labute approximate surface area is 168 Å². The van der Waals surface area contributed by atoms with Gasteiger partial charge in [0.05, 0.1) is 10.4 Å². The maximum atomic E-state index is 12.5. The molecule has 1 unspecified atom stereocenters. The molecule has 0 aromatic heterocycles. The summed E-state index contributed by atoms with van der Waals surface area (Å²) in [7, 11) is -3.60. The van der Waals surface area contributed by atoms with Crippen molar-refractivity contribution in [3.05, 3.63) is 29.3 Å². The van der Waals surface area contributed by atoms with Crippen molar-refractivity contribution < 1.29 is 13.2 Å². The van der Waals surface area contributed by atoms with Gasteiger partial charge in [0.2, 0.25) is 15.9 Å². The van der Waals surface area contributed by atoms with Crippen LogP contribution in [0.3, 0.4) is 0 Å². The van der Waals surface area contributed by atoms with Crippen molar-refractivity contribution in [1.29, 1.82) is 0 Å². The van der Waals surface area contributed by atoms with Crippen LogP contribution in [-0.4, -0.2) is 33.0 Å². The first-order valence-electron chi connectivity index (χ1n) is 9.46. The monoisotopic (exact) mass is 415 g/mol. The number of benzene rings is 1. The molecule has 0 bridgehead atoms. The van der Waals surface area contributed by atoms with Crippen molar-refractivity contribution in [2.24, 2.45) is 11.7 Å². The first-order valence-corrected chi connectivity index (χ1v) is 10.9. The average molecular weight is 416 g/mol. The third kappa shape index (κ3) is 5.44. The summed E-state index contributed by atoms with van der Waals surface area (Å²) >= 11 is 0. The van der Waals surface area contributed by atoms with E-state index in [0.29, 0.717) is 12.5 Å². The van der Waals surface area contributed by atoms with E-state index in [0.717, 1.165) is 44.1 Å². The SMILES string of the molecule is CC(CN)(NC(=O)CCNS(=O)(=O)c1ccc2c(c1)CCCC2)C1CC1.Cl. The first kappa shape index (κ1) is 22.1. The molecule has 1 fully saturated rings. The van der Waals surface area contributed by atoms with E-state index >= 15 is 0 Å². The number of hydrogen-bond donors (Lipinski definition) is 3. The molecule has 0 aliphatic heterocycles. The smallest absolute Gasteiger partial charge is 0.240 e. The van der Waals surface area contributed by atoms with Crippen LogP contribution in [0.2, 0.25) is 0 Å². The Bertz CT molecular complexity index is 780. The highest BCUT2D eigenvalue weighted by molar-refractivity contribution is 7.89. The van der Waals surface area contributed by atoms with Gasteiger partial charge in [-0.1, -0.05) is 6.07 Å². The van der Waals surface area contributed by atoms with Gasteiger partial charge in [-0.2, -0.15) is 0 Å². The summed E-state index contributed by atoms with van der Waals surface area (Å²) in [4.78, 5) is 12.4. The molecule has 152 valence electrons. The zero-order chi connectivity index (χ0) is 18.8. The van der Waals surface area contributed by atoms with Crippen molar-refractivity contribution in [3.63, 3.8) is 0 Å². The van der Waals surface area contributed by atoms with Crippen LogP contribution in [0, 0.1) is 5.92 Å². The number of amides is 1. The van der Waals surface area contributed by atoms with Crippen molar-refractivity contribution in [2.45, 2.75) is 62.3 Å². The van der Waals surface area contributed by atoms with E-state index in [1.165, 1.54) is 5.56 Å². The largest absolute Gasteiger partial charge is 0.349 e. The Morgan fingerprint density at radius 2 is 1.89 bits per heavy atom. The fraction of sp³-hybridized carbons (Fsp3) is 0.632. The molecule has 1 atom stereocenters. The maximum absolute atomic E-state index is 12.5. The second-order valence-corrected chi connectivity index (χ2v) is 9.50. The molecule has 2 aliphatic rings. The summed E-state index contributed by atoms with van der Waals surface area (Å²) < 4.78 is 27.5. The highest BCUT2D eigenvalue weighted by atomic mass is 35.5. The molecule has 0 heterocycles. The second-order valence-electron chi connectivity index (χ2n) is 7.73. The van der Waals surface area contributed by atoms with Crippen molar-refractivity contribution in [1.82, 2.24) is 10.0 Å². The molecule has 8 heteroatoms. The lowest BCUT2D eigenvalue weighted by Gasteiger charge is -2.29. The van der Waals surface area contributed by atoms with Gasteiger partial charge < -0.3 is 11.1 Å². The van der Waals surface area contributed by atoms with Gasteiger partial charge >= 0.3 is 0 Å². The van der Waals surface area contributed by atoms with Crippen LogP contribution in [0.15, 0.2) is 23.1 Å². The molecular weight excluding hydrogens is 386 g/mol. The fourth-order valence-corrected chi connectivity index (χ4v) is 4.76. The molecule has 3 rings (SSSR count). The summed E-state index contributed by atoms with van der Waals surface area (Å²) in [6, 6.07) is 5.35. The first-order chi connectivity index (χ1) is 12.3. The molecule has 0 saturated heterocycles. The number of sulfonamides is 1. The molecule has 0 radical (unpaired) electrons. The predicted molar refractivity (Wildman–Crippen MR) is 108 cm³/mol. The van der Waals surface area contributed by atoms with Gasteiger partial charge in [-0.25, -0.2) is 13.1 Å². The molecule has 2 aliphatic carbocycles. The average Bonchev–Trinajstić information content (AvgIpc) is 3.46. The number of hydrogen-bond acceptors (Lipinski definition) is 4. The lowest BCUT2D eigenvalue weighted by Crippen LogP contribution is -2.53. The number of aryl methyl sites for hydroxylation is 2. The van der Waals surface area contributed by atoms with E-state index in [-0.39, 0.29) is 41.7 Å². The Morgan fingerprint density at radius 1 is 1.22 bits per heavy atom. The van der Waals surface area contributed by atoms with Gasteiger partial charge in [-0.15, -0.1) is 12.4 Å². The lowest BCUT2D eigenvalue weighted by molar-refractivity contribution is -0.122. The second kappa shape index (κ2) is 8.90. The van der Waals surface area contributed by atoms with Crippen LogP contribution < -0.4 is 15.8 Å². The fourth-order valence-electron chi connectivity index (χ4n) is 3.68. The summed E-state index contributed by atoms with van der Waals surface area (Å²) in [5.74, 6) is 0.265. The normalized spacial score (nSPS) is 18.7. The number of nitrogens with two attached hydrogens (primary N) is 1. The third-order valence-corrected chi connectivity index (χ3v) is 7.06. The van der Waals surface area contributed by atoms with Crippen molar-refractivity contribution >= 4 is 28.3 Å². The number of halogens is 1. The maximum Gasteiger partial charge on any atom is 0.240 e. The summed E-state index contributed by atoms with van der Waals surface area (Å²) in [5, 5.41) is 2.97. The van der Waals surface area contributed by atoms with Gasteiger partial charge in [0.1, 0.15) is 0 Å². The molecule has 6 nitrogen and oxygen atoms in total. The molecule has 27 heavy (non-hydrogen) atoms. The molecule has 1 amide bonds. The summed E-state index contributed by atoms with van der Waals surface area (Å²) in [6.45, 7) is 2.43. The minimum Gasteiger partial charge on any atom is -0.349 e. The van der Waals surface area contributed by atoms with Gasteiger partial charge in [-0.05, 0) is 74.6 Å². The van der Waals surface area contributed by atoms with Crippen LogP contribution in [0.25, 0.3) is 0 Å². The molecular formula is C19H30ClN3O3S. The van der Waals surface area contributed by atoms with Crippen LogP contribution in [-0.2, 0) is 27.7 Å². The van der Waals surface area contributed by atoms with Crippen LogP contribution in [0.1, 0.15) is 50.2 Å².